The van der Waals surface area contributed by atoms with Crippen molar-refractivity contribution >= 4 is 29.3 Å². The van der Waals surface area contributed by atoms with Gasteiger partial charge in [-0.3, -0.25) is 9.59 Å². The van der Waals surface area contributed by atoms with Crippen molar-refractivity contribution in [1.29, 1.82) is 0 Å². The molecule has 0 bridgehead atoms. The fourth-order valence-corrected chi connectivity index (χ4v) is 4.30. The Morgan fingerprint density at radius 1 is 0.811 bits per heavy atom. The van der Waals surface area contributed by atoms with Crippen molar-refractivity contribution in [2.24, 2.45) is 0 Å². The van der Waals surface area contributed by atoms with Gasteiger partial charge in [-0.15, -0.1) is 0 Å². The third-order valence-corrected chi connectivity index (χ3v) is 6.22. The Labute approximate surface area is 217 Å². The predicted octanol–water partition coefficient (Wildman–Crippen LogP) is 4.33. The minimum atomic E-state index is -0.358. The highest BCUT2D eigenvalue weighted by Crippen LogP contribution is 2.38. The number of anilines is 2. The molecular formula is C29H31N3O5. The number of amides is 2. The highest BCUT2D eigenvalue weighted by atomic mass is 16.5. The number of hydrogen-bond donors (Lipinski definition) is 1. The van der Waals surface area contributed by atoms with Gasteiger partial charge in [-0.2, -0.15) is 0 Å². The Kier molecular flexibility index (Phi) is 8.30. The van der Waals surface area contributed by atoms with Crippen molar-refractivity contribution < 1.29 is 23.8 Å². The summed E-state index contributed by atoms with van der Waals surface area (Å²) in [6.07, 6.45) is 3.05. The number of carbonyl (C=O) groups is 2. The van der Waals surface area contributed by atoms with Crippen LogP contribution in [0.4, 0.5) is 11.4 Å². The lowest BCUT2D eigenvalue weighted by atomic mass is 10.1. The minimum absolute atomic E-state index is 0.0998. The number of nitrogens with one attached hydrogen (secondary N) is 1. The van der Waals surface area contributed by atoms with E-state index >= 15 is 0 Å². The van der Waals surface area contributed by atoms with E-state index in [1.165, 1.54) is 27.4 Å². The van der Waals surface area contributed by atoms with Crippen LogP contribution in [-0.4, -0.2) is 64.2 Å². The zero-order valence-corrected chi connectivity index (χ0v) is 21.3. The van der Waals surface area contributed by atoms with Crippen molar-refractivity contribution in [2.45, 2.75) is 0 Å². The van der Waals surface area contributed by atoms with Crippen LogP contribution in [0.25, 0.3) is 6.08 Å². The van der Waals surface area contributed by atoms with Gasteiger partial charge in [0, 0.05) is 37.9 Å². The fourth-order valence-electron chi connectivity index (χ4n) is 4.30. The van der Waals surface area contributed by atoms with Gasteiger partial charge in [-0.05, 0) is 48.0 Å². The first-order valence-electron chi connectivity index (χ1n) is 12.0. The fraction of sp³-hybridized carbons (Fsp3) is 0.241. The number of rotatable bonds is 8. The van der Waals surface area contributed by atoms with E-state index in [9.17, 15) is 9.59 Å². The number of hydrogen-bond acceptors (Lipinski definition) is 6. The molecule has 192 valence electrons. The third kappa shape index (κ3) is 6.03. The van der Waals surface area contributed by atoms with Gasteiger partial charge in [0.25, 0.3) is 5.91 Å². The van der Waals surface area contributed by atoms with Crippen LogP contribution in [0.2, 0.25) is 0 Å². The molecular weight excluding hydrogens is 470 g/mol. The molecule has 0 spiro atoms. The maximum Gasteiger partial charge on any atom is 0.256 e. The highest BCUT2D eigenvalue weighted by molar-refractivity contribution is 6.07. The summed E-state index contributed by atoms with van der Waals surface area (Å²) >= 11 is 0. The second kappa shape index (κ2) is 12.0. The lowest BCUT2D eigenvalue weighted by molar-refractivity contribution is -0.111. The molecule has 3 aromatic carbocycles. The molecule has 1 heterocycles. The Bertz CT molecular complexity index is 1240. The second-order valence-electron chi connectivity index (χ2n) is 8.44. The van der Waals surface area contributed by atoms with E-state index in [0.717, 1.165) is 18.8 Å². The van der Waals surface area contributed by atoms with Gasteiger partial charge >= 0.3 is 0 Å². The molecule has 1 fully saturated rings. The molecule has 0 aromatic heterocycles. The molecule has 1 saturated heterocycles. The Balaban J connectivity index is 1.43. The largest absolute Gasteiger partial charge is 0.493 e. The number of para-hydroxylation sites is 2. The van der Waals surface area contributed by atoms with Crippen LogP contribution in [-0.2, 0) is 4.79 Å². The first-order valence-corrected chi connectivity index (χ1v) is 12.0. The van der Waals surface area contributed by atoms with Gasteiger partial charge in [-0.1, -0.05) is 30.3 Å². The highest BCUT2D eigenvalue weighted by Gasteiger charge is 2.24. The average Bonchev–Trinajstić information content (AvgIpc) is 2.96. The molecule has 0 aliphatic carbocycles. The van der Waals surface area contributed by atoms with Gasteiger partial charge in [0.15, 0.2) is 11.5 Å². The molecule has 0 unspecified atom stereocenters. The van der Waals surface area contributed by atoms with Gasteiger partial charge in [0.1, 0.15) is 0 Å². The lowest BCUT2D eigenvalue weighted by Crippen LogP contribution is -2.48. The van der Waals surface area contributed by atoms with Crippen LogP contribution in [0.15, 0.2) is 72.8 Å². The van der Waals surface area contributed by atoms with E-state index in [2.05, 4.69) is 22.3 Å². The molecule has 37 heavy (non-hydrogen) atoms. The standard InChI is InChI=1S/C29H31N3O5/c1-35-25-19-21(20-26(36-2)28(25)37-3)13-14-27(33)30-24-12-8-7-11-23(24)29(34)32-17-15-31(16-18-32)22-9-5-4-6-10-22/h4-14,19-20H,15-18H2,1-3H3,(H,30,33)/b14-13+. The summed E-state index contributed by atoms with van der Waals surface area (Å²) in [5.41, 5.74) is 2.79. The molecule has 1 N–H and O–H groups in total. The smallest absolute Gasteiger partial charge is 0.256 e. The number of carbonyl (C=O) groups excluding carboxylic acids is 2. The second-order valence-corrected chi connectivity index (χ2v) is 8.44. The summed E-state index contributed by atoms with van der Waals surface area (Å²) in [7, 11) is 4.60. The van der Waals surface area contributed by atoms with E-state index in [0.29, 0.717) is 47.2 Å². The van der Waals surface area contributed by atoms with Crippen molar-refractivity contribution in [2.75, 3.05) is 57.7 Å². The summed E-state index contributed by atoms with van der Waals surface area (Å²) in [5, 5.41) is 2.84. The molecule has 8 heteroatoms. The number of nitrogens with zero attached hydrogens (tertiary/aromatic N) is 2. The van der Waals surface area contributed by atoms with Gasteiger partial charge in [0.05, 0.1) is 32.6 Å². The van der Waals surface area contributed by atoms with Gasteiger partial charge in [0.2, 0.25) is 11.7 Å². The van der Waals surface area contributed by atoms with E-state index in [1.54, 1.807) is 42.5 Å². The molecule has 1 aliphatic rings. The Morgan fingerprint density at radius 2 is 1.43 bits per heavy atom. The molecule has 0 radical (unpaired) electrons. The summed E-state index contributed by atoms with van der Waals surface area (Å²) in [6, 6.07) is 20.7. The van der Waals surface area contributed by atoms with Gasteiger partial charge < -0.3 is 29.3 Å². The van der Waals surface area contributed by atoms with Crippen molar-refractivity contribution in [3.05, 3.63) is 83.9 Å². The maximum absolute atomic E-state index is 13.3. The molecule has 0 saturated carbocycles. The summed E-state index contributed by atoms with van der Waals surface area (Å²) in [5.74, 6) is 0.999. The zero-order valence-electron chi connectivity index (χ0n) is 21.3. The molecule has 3 aromatic rings. The quantitative estimate of drug-likeness (QED) is 0.463. The number of benzene rings is 3. The molecule has 0 atom stereocenters. The summed E-state index contributed by atoms with van der Waals surface area (Å²) in [4.78, 5) is 30.2. The topological polar surface area (TPSA) is 80.3 Å². The van der Waals surface area contributed by atoms with Crippen LogP contribution in [0.5, 0.6) is 17.2 Å². The average molecular weight is 502 g/mol. The zero-order chi connectivity index (χ0) is 26.2. The third-order valence-electron chi connectivity index (χ3n) is 6.22. The summed E-state index contributed by atoms with van der Waals surface area (Å²) < 4.78 is 16.1. The number of methoxy groups -OCH3 is 3. The normalized spacial score (nSPS) is 13.4. The minimum Gasteiger partial charge on any atom is -0.493 e. The lowest BCUT2D eigenvalue weighted by Gasteiger charge is -2.36. The van der Waals surface area contributed by atoms with Gasteiger partial charge in [-0.25, -0.2) is 0 Å². The van der Waals surface area contributed by atoms with Crippen LogP contribution in [0.1, 0.15) is 15.9 Å². The van der Waals surface area contributed by atoms with E-state index < -0.39 is 0 Å². The SMILES string of the molecule is COc1cc(/C=C/C(=O)Nc2ccccc2C(=O)N2CCN(c3ccccc3)CC2)cc(OC)c1OC. The van der Waals surface area contributed by atoms with E-state index in [1.807, 2.05) is 23.1 Å². The maximum atomic E-state index is 13.3. The summed E-state index contributed by atoms with van der Waals surface area (Å²) in [6.45, 7) is 2.72. The van der Waals surface area contributed by atoms with Crippen LogP contribution >= 0.6 is 0 Å². The Hall–Kier alpha value is -4.46. The van der Waals surface area contributed by atoms with Crippen LogP contribution in [0.3, 0.4) is 0 Å². The molecule has 8 nitrogen and oxygen atoms in total. The van der Waals surface area contributed by atoms with Crippen LogP contribution in [0, 0.1) is 0 Å². The predicted molar refractivity (Wildman–Crippen MR) is 145 cm³/mol. The molecule has 4 rings (SSSR count). The van der Waals surface area contributed by atoms with Crippen molar-refractivity contribution in [1.82, 2.24) is 4.90 Å². The number of piperazine rings is 1. The monoisotopic (exact) mass is 501 g/mol. The van der Waals surface area contributed by atoms with Crippen molar-refractivity contribution in [3.63, 3.8) is 0 Å². The number of ether oxygens (including phenoxy) is 3. The molecule has 1 aliphatic heterocycles. The van der Waals surface area contributed by atoms with Crippen LogP contribution < -0.4 is 24.4 Å². The molecule has 2 amide bonds. The first kappa shape index (κ1) is 25.6. The van der Waals surface area contributed by atoms with Crippen molar-refractivity contribution in [3.8, 4) is 17.2 Å². The first-order chi connectivity index (χ1) is 18.0. The van der Waals surface area contributed by atoms with E-state index in [-0.39, 0.29) is 11.8 Å². The van der Waals surface area contributed by atoms with E-state index in [4.69, 9.17) is 14.2 Å². The Morgan fingerprint density at radius 3 is 2.05 bits per heavy atom.